The summed E-state index contributed by atoms with van der Waals surface area (Å²) in [6.07, 6.45) is 1.35. The number of hydrogen-bond acceptors (Lipinski definition) is 4. The first kappa shape index (κ1) is 14.6. The molecule has 6 nitrogen and oxygen atoms in total. The molecule has 0 spiro atoms. The Hall–Kier alpha value is -2.37. The van der Waals surface area contributed by atoms with Crippen molar-refractivity contribution >= 4 is 29.1 Å². The van der Waals surface area contributed by atoms with Gasteiger partial charge in [-0.2, -0.15) is 5.01 Å². The van der Waals surface area contributed by atoms with Crippen LogP contribution in [0.15, 0.2) is 23.2 Å². The van der Waals surface area contributed by atoms with Crippen LogP contribution in [0.25, 0.3) is 0 Å². The number of fused-ring (bicyclic) bond motifs is 3. The molecule has 2 aliphatic rings. The Morgan fingerprint density at radius 2 is 1.86 bits per heavy atom. The van der Waals surface area contributed by atoms with E-state index in [1.807, 2.05) is 46.1 Å². The summed E-state index contributed by atoms with van der Waals surface area (Å²) in [6, 6.07) is 5.71. The van der Waals surface area contributed by atoms with Gasteiger partial charge in [-0.3, -0.25) is 9.59 Å². The molecule has 1 fully saturated rings. The summed E-state index contributed by atoms with van der Waals surface area (Å²) in [4.78, 5) is 31.8. The lowest BCUT2D eigenvalue weighted by molar-refractivity contribution is -0.130. The van der Waals surface area contributed by atoms with Crippen LogP contribution in [0.2, 0.25) is 0 Å². The Morgan fingerprint density at radius 1 is 1.18 bits per heavy atom. The smallest absolute Gasteiger partial charge is 0.261 e. The van der Waals surface area contributed by atoms with Gasteiger partial charge in [0.2, 0.25) is 5.96 Å². The highest BCUT2D eigenvalue weighted by molar-refractivity contribution is 6.22. The number of hydrazine groups is 1. The van der Waals surface area contributed by atoms with E-state index in [-0.39, 0.29) is 11.8 Å². The lowest BCUT2D eigenvalue weighted by Crippen LogP contribution is -2.52. The molecule has 1 aromatic rings. The Bertz CT molecular complexity index is 681. The molecule has 116 valence electrons. The first-order valence-electron chi connectivity index (χ1n) is 7.50. The zero-order chi connectivity index (χ0) is 16.0. The summed E-state index contributed by atoms with van der Waals surface area (Å²) >= 11 is 0. The maximum absolute atomic E-state index is 12.7. The number of hydrogen-bond donors (Lipinski definition) is 0. The molecule has 1 atom stereocenters. The second kappa shape index (κ2) is 5.12. The maximum atomic E-state index is 12.7. The van der Waals surface area contributed by atoms with E-state index in [1.165, 1.54) is 10.0 Å². The van der Waals surface area contributed by atoms with Gasteiger partial charge < -0.3 is 4.90 Å². The van der Waals surface area contributed by atoms with Gasteiger partial charge in [-0.1, -0.05) is 19.4 Å². The molecule has 0 aromatic heterocycles. The number of aliphatic imine (C=N–C) groups is 1. The minimum Gasteiger partial charge on any atom is -0.347 e. The van der Waals surface area contributed by atoms with Crippen molar-refractivity contribution in [3.8, 4) is 0 Å². The molecule has 2 amide bonds. The number of guanidine groups is 1. The van der Waals surface area contributed by atoms with Gasteiger partial charge in [0, 0.05) is 14.1 Å². The summed E-state index contributed by atoms with van der Waals surface area (Å²) in [5.74, 6) is -0.478. The number of amides is 2. The van der Waals surface area contributed by atoms with Crippen molar-refractivity contribution in [1.82, 2.24) is 9.91 Å². The van der Waals surface area contributed by atoms with E-state index in [2.05, 4.69) is 4.99 Å². The van der Waals surface area contributed by atoms with Crippen LogP contribution in [0.4, 0.5) is 11.4 Å². The fourth-order valence-corrected chi connectivity index (χ4v) is 2.89. The Kier molecular flexibility index (Phi) is 3.39. The van der Waals surface area contributed by atoms with Crippen molar-refractivity contribution in [1.29, 1.82) is 0 Å². The fourth-order valence-electron chi connectivity index (χ4n) is 2.89. The number of nitrogens with zero attached hydrogens (tertiary/aromatic N) is 4. The number of aryl methyl sites for hydroxylation is 1. The average molecular weight is 300 g/mol. The summed E-state index contributed by atoms with van der Waals surface area (Å²) < 4.78 is 0. The van der Waals surface area contributed by atoms with Crippen LogP contribution < -0.4 is 5.01 Å². The van der Waals surface area contributed by atoms with Gasteiger partial charge in [0.05, 0.1) is 11.4 Å². The van der Waals surface area contributed by atoms with E-state index >= 15 is 0 Å². The summed E-state index contributed by atoms with van der Waals surface area (Å²) in [7, 11) is 3.64. The van der Waals surface area contributed by atoms with Crippen LogP contribution in [0.5, 0.6) is 0 Å². The minimum atomic E-state index is -0.609. The highest BCUT2D eigenvalue weighted by atomic mass is 16.2. The van der Waals surface area contributed by atoms with Crippen LogP contribution in [0, 0.1) is 12.8 Å². The predicted octanol–water partition coefficient (Wildman–Crippen LogP) is 2.06. The van der Waals surface area contributed by atoms with E-state index in [1.54, 1.807) is 4.90 Å². The van der Waals surface area contributed by atoms with Crippen LogP contribution >= 0.6 is 0 Å². The molecular weight excluding hydrogens is 280 g/mol. The second-order valence-electron chi connectivity index (χ2n) is 5.94. The van der Waals surface area contributed by atoms with Crippen molar-refractivity contribution in [3.05, 3.63) is 23.8 Å². The average Bonchev–Trinajstić information content (AvgIpc) is 2.72. The molecule has 6 heteroatoms. The lowest BCUT2D eigenvalue weighted by Gasteiger charge is -2.35. The first-order chi connectivity index (χ1) is 10.5. The second-order valence-corrected chi connectivity index (χ2v) is 5.94. The lowest BCUT2D eigenvalue weighted by atomic mass is 10.0. The van der Waals surface area contributed by atoms with Crippen molar-refractivity contribution in [2.24, 2.45) is 10.9 Å². The van der Waals surface area contributed by atoms with Gasteiger partial charge in [-0.15, -0.1) is 0 Å². The molecule has 2 aliphatic heterocycles. The maximum Gasteiger partial charge on any atom is 0.261 e. The highest BCUT2D eigenvalue weighted by Gasteiger charge is 2.50. The van der Waals surface area contributed by atoms with Crippen LogP contribution in [0.1, 0.15) is 25.3 Å². The number of benzene rings is 1. The highest BCUT2D eigenvalue weighted by Crippen LogP contribution is 2.40. The molecule has 2 heterocycles. The molecule has 1 aromatic carbocycles. The van der Waals surface area contributed by atoms with Gasteiger partial charge >= 0.3 is 0 Å². The topological polar surface area (TPSA) is 56.2 Å². The monoisotopic (exact) mass is 300 g/mol. The van der Waals surface area contributed by atoms with Gasteiger partial charge in [0.25, 0.3) is 11.8 Å². The van der Waals surface area contributed by atoms with Gasteiger partial charge in [-0.25, -0.2) is 10.0 Å². The third kappa shape index (κ3) is 1.98. The van der Waals surface area contributed by atoms with Crippen molar-refractivity contribution < 1.29 is 9.59 Å². The molecule has 1 saturated heterocycles. The molecule has 0 radical (unpaired) electrons. The Morgan fingerprint density at radius 3 is 2.50 bits per heavy atom. The summed E-state index contributed by atoms with van der Waals surface area (Å²) in [5.41, 5.74) is 2.46. The van der Waals surface area contributed by atoms with E-state index in [4.69, 9.17) is 0 Å². The molecule has 0 aliphatic carbocycles. The third-order valence-electron chi connectivity index (χ3n) is 3.96. The zero-order valence-electron chi connectivity index (χ0n) is 13.3. The molecule has 3 rings (SSSR count). The number of rotatable bonds is 2. The Labute approximate surface area is 130 Å². The largest absolute Gasteiger partial charge is 0.347 e. The van der Waals surface area contributed by atoms with Gasteiger partial charge in [-0.05, 0) is 31.0 Å². The fraction of sp³-hybridized carbons (Fsp3) is 0.438. The SMILES string of the molecule is CCCC1C(=O)N2C(N(C)C)=Nc3cc(C)ccc3N2C1=O. The third-order valence-corrected chi connectivity index (χ3v) is 3.96. The molecule has 0 bridgehead atoms. The van der Waals surface area contributed by atoms with Crippen LogP contribution in [-0.2, 0) is 9.59 Å². The molecular formula is C16H20N4O2. The molecule has 0 N–H and O–H groups in total. The standard InChI is InChI=1S/C16H20N4O2/c1-5-6-11-14(21)19-13-8-7-10(2)9-12(13)17-16(18(3)4)20(19)15(11)22/h7-9,11H,5-6H2,1-4H3. The Balaban J connectivity index is 2.17. The first-order valence-corrected chi connectivity index (χ1v) is 7.50. The number of carbonyl (C=O) groups is 2. The van der Waals surface area contributed by atoms with Crippen LogP contribution in [-0.4, -0.2) is 41.8 Å². The summed E-state index contributed by atoms with van der Waals surface area (Å²) in [6.45, 7) is 3.96. The predicted molar refractivity (Wildman–Crippen MR) is 84.7 cm³/mol. The van der Waals surface area contributed by atoms with E-state index in [0.717, 1.165) is 17.7 Å². The molecule has 0 saturated carbocycles. The molecule has 1 unspecified atom stereocenters. The quantitative estimate of drug-likeness (QED) is 0.786. The van der Waals surface area contributed by atoms with E-state index in [0.29, 0.717) is 18.1 Å². The number of anilines is 1. The van der Waals surface area contributed by atoms with Gasteiger partial charge in [0.1, 0.15) is 5.92 Å². The van der Waals surface area contributed by atoms with Crippen molar-refractivity contribution in [3.63, 3.8) is 0 Å². The summed E-state index contributed by atoms with van der Waals surface area (Å²) in [5, 5.41) is 2.90. The van der Waals surface area contributed by atoms with E-state index < -0.39 is 5.92 Å². The number of carbonyl (C=O) groups excluding carboxylic acids is 2. The minimum absolute atomic E-state index is 0.161. The van der Waals surface area contributed by atoms with Gasteiger partial charge in [0.15, 0.2) is 0 Å². The van der Waals surface area contributed by atoms with Crippen molar-refractivity contribution in [2.75, 3.05) is 19.1 Å². The van der Waals surface area contributed by atoms with Crippen molar-refractivity contribution in [2.45, 2.75) is 26.7 Å². The molecule has 22 heavy (non-hydrogen) atoms. The van der Waals surface area contributed by atoms with E-state index in [9.17, 15) is 9.59 Å². The zero-order valence-corrected chi connectivity index (χ0v) is 13.3. The van der Waals surface area contributed by atoms with Crippen LogP contribution in [0.3, 0.4) is 0 Å². The normalized spacial score (nSPS) is 20.0.